The minimum atomic E-state index is -0.0502. The van der Waals surface area contributed by atoms with Gasteiger partial charge in [-0.1, -0.05) is 6.07 Å². The molecule has 0 radical (unpaired) electrons. The van der Waals surface area contributed by atoms with Crippen LogP contribution >= 0.6 is 0 Å². The predicted octanol–water partition coefficient (Wildman–Crippen LogP) is 1.31. The van der Waals surface area contributed by atoms with Crippen LogP contribution in [0, 0.1) is 0 Å². The zero-order valence-corrected chi connectivity index (χ0v) is 14.1. The smallest absolute Gasteiger partial charge is 0.242 e. The number of nitrogens with one attached hydrogen (secondary N) is 2. The quantitative estimate of drug-likeness (QED) is 0.735. The SMILES string of the molecule is O=C(Cn1nccc1[C@@H]1CCCNC1)NCc1cn2ccccc2n1. The zero-order chi connectivity index (χ0) is 17.1. The van der Waals surface area contributed by atoms with Crippen LogP contribution in [0.25, 0.3) is 5.65 Å². The third kappa shape index (κ3) is 3.56. The summed E-state index contributed by atoms with van der Waals surface area (Å²) in [5, 5.41) is 10.7. The summed E-state index contributed by atoms with van der Waals surface area (Å²) in [6, 6.07) is 7.87. The van der Waals surface area contributed by atoms with Crippen molar-refractivity contribution in [2.75, 3.05) is 13.1 Å². The molecular formula is C18H22N6O. The molecule has 0 aliphatic carbocycles. The van der Waals surface area contributed by atoms with E-state index in [-0.39, 0.29) is 12.5 Å². The second-order valence-corrected chi connectivity index (χ2v) is 6.43. The Balaban J connectivity index is 1.37. The molecule has 1 amide bonds. The normalized spacial score (nSPS) is 17.7. The van der Waals surface area contributed by atoms with Crippen molar-refractivity contribution < 1.29 is 4.79 Å². The summed E-state index contributed by atoms with van der Waals surface area (Å²) in [5.41, 5.74) is 2.86. The molecule has 1 aliphatic heterocycles. The number of fused-ring (bicyclic) bond motifs is 1. The molecule has 0 saturated carbocycles. The van der Waals surface area contributed by atoms with Gasteiger partial charge in [0, 0.05) is 36.7 Å². The lowest BCUT2D eigenvalue weighted by molar-refractivity contribution is -0.122. The van der Waals surface area contributed by atoms with Gasteiger partial charge in [-0.3, -0.25) is 9.48 Å². The standard InChI is InChI=1S/C18H22N6O/c25-18(20-11-15-12-23-9-2-1-5-17(23)22-15)13-24-16(6-8-21-24)14-4-3-7-19-10-14/h1-2,5-6,8-9,12,14,19H,3-4,7,10-11,13H2,(H,20,25)/t14-/m1/s1. The number of hydrogen-bond donors (Lipinski definition) is 2. The van der Waals surface area contributed by atoms with Gasteiger partial charge in [0.15, 0.2) is 0 Å². The van der Waals surface area contributed by atoms with E-state index in [2.05, 4.69) is 20.7 Å². The fraction of sp³-hybridized carbons (Fsp3) is 0.389. The number of carbonyl (C=O) groups excluding carboxylic acids is 1. The number of nitrogens with zero attached hydrogens (tertiary/aromatic N) is 4. The molecule has 3 aromatic heterocycles. The summed E-state index contributed by atoms with van der Waals surface area (Å²) in [4.78, 5) is 16.8. The molecule has 4 rings (SSSR count). The molecule has 0 aromatic carbocycles. The maximum atomic E-state index is 12.3. The van der Waals surface area contributed by atoms with Gasteiger partial charge < -0.3 is 15.0 Å². The molecule has 0 spiro atoms. The lowest BCUT2D eigenvalue weighted by Gasteiger charge is -2.23. The average molecular weight is 338 g/mol. The first-order valence-corrected chi connectivity index (χ1v) is 8.71. The van der Waals surface area contributed by atoms with Gasteiger partial charge in [-0.15, -0.1) is 0 Å². The Hall–Kier alpha value is -2.67. The molecule has 4 heterocycles. The van der Waals surface area contributed by atoms with Gasteiger partial charge in [-0.05, 0) is 37.6 Å². The first-order valence-electron chi connectivity index (χ1n) is 8.71. The summed E-state index contributed by atoms with van der Waals surface area (Å²) < 4.78 is 3.76. The van der Waals surface area contributed by atoms with Crippen LogP contribution in [0.1, 0.15) is 30.1 Å². The third-order valence-corrected chi connectivity index (χ3v) is 4.64. The van der Waals surface area contributed by atoms with Gasteiger partial charge in [0.1, 0.15) is 12.2 Å². The monoisotopic (exact) mass is 338 g/mol. The molecule has 2 N–H and O–H groups in total. The maximum Gasteiger partial charge on any atom is 0.242 e. The Labute approximate surface area is 146 Å². The Bertz CT molecular complexity index is 828. The van der Waals surface area contributed by atoms with Gasteiger partial charge >= 0.3 is 0 Å². The van der Waals surface area contributed by atoms with E-state index in [1.807, 2.05) is 45.7 Å². The summed E-state index contributed by atoms with van der Waals surface area (Å²) in [6.07, 6.45) is 7.96. The fourth-order valence-electron chi connectivity index (χ4n) is 3.38. The number of imidazole rings is 1. The van der Waals surface area contributed by atoms with Crippen molar-refractivity contribution in [2.45, 2.75) is 31.8 Å². The van der Waals surface area contributed by atoms with E-state index in [1.54, 1.807) is 6.20 Å². The highest BCUT2D eigenvalue weighted by Gasteiger charge is 2.19. The van der Waals surface area contributed by atoms with Crippen molar-refractivity contribution in [3.63, 3.8) is 0 Å². The number of amides is 1. The first-order chi connectivity index (χ1) is 12.3. The van der Waals surface area contributed by atoms with Crippen molar-refractivity contribution in [3.05, 3.63) is 54.2 Å². The van der Waals surface area contributed by atoms with Crippen LogP contribution in [0.2, 0.25) is 0 Å². The second-order valence-electron chi connectivity index (χ2n) is 6.43. The summed E-state index contributed by atoms with van der Waals surface area (Å²) in [7, 11) is 0. The molecule has 1 atom stereocenters. The molecule has 1 saturated heterocycles. The average Bonchev–Trinajstić information content (AvgIpc) is 3.27. The van der Waals surface area contributed by atoms with E-state index in [4.69, 9.17) is 0 Å². The third-order valence-electron chi connectivity index (χ3n) is 4.64. The molecule has 1 fully saturated rings. The van der Waals surface area contributed by atoms with E-state index in [9.17, 15) is 4.79 Å². The van der Waals surface area contributed by atoms with E-state index >= 15 is 0 Å². The topological polar surface area (TPSA) is 76.2 Å². The van der Waals surface area contributed by atoms with E-state index in [1.165, 1.54) is 0 Å². The molecule has 25 heavy (non-hydrogen) atoms. The minimum absolute atomic E-state index is 0.0502. The number of carbonyl (C=O) groups is 1. The minimum Gasteiger partial charge on any atom is -0.349 e. The molecule has 7 nitrogen and oxygen atoms in total. The zero-order valence-electron chi connectivity index (χ0n) is 14.1. The van der Waals surface area contributed by atoms with Gasteiger partial charge in [-0.2, -0.15) is 5.10 Å². The molecule has 1 aliphatic rings. The van der Waals surface area contributed by atoms with Crippen LogP contribution in [-0.2, 0) is 17.9 Å². The number of piperidine rings is 1. The summed E-state index contributed by atoms with van der Waals surface area (Å²) >= 11 is 0. The predicted molar refractivity (Wildman–Crippen MR) is 94.1 cm³/mol. The van der Waals surface area contributed by atoms with Gasteiger partial charge in [0.05, 0.1) is 12.2 Å². The maximum absolute atomic E-state index is 12.3. The molecule has 7 heteroatoms. The Morgan fingerprint density at radius 1 is 1.36 bits per heavy atom. The van der Waals surface area contributed by atoms with E-state index in [0.717, 1.165) is 43.0 Å². The van der Waals surface area contributed by atoms with Gasteiger partial charge in [-0.25, -0.2) is 4.98 Å². The van der Waals surface area contributed by atoms with E-state index < -0.39 is 0 Å². The van der Waals surface area contributed by atoms with Crippen LogP contribution in [0.15, 0.2) is 42.9 Å². The molecule has 0 unspecified atom stereocenters. The van der Waals surface area contributed by atoms with Gasteiger partial charge in [0.2, 0.25) is 5.91 Å². The number of hydrogen-bond acceptors (Lipinski definition) is 4. The molecule has 3 aromatic rings. The van der Waals surface area contributed by atoms with Crippen LogP contribution in [0.3, 0.4) is 0 Å². The summed E-state index contributed by atoms with van der Waals surface area (Å²) in [6.45, 7) is 2.69. The van der Waals surface area contributed by atoms with Crippen molar-refractivity contribution in [1.82, 2.24) is 29.8 Å². The number of aromatic nitrogens is 4. The van der Waals surface area contributed by atoms with Crippen molar-refractivity contribution in [2.24, 2.45) is 0 Å². The Kier molecular flexibility index (Phi) is 4.47. The Morgan fingerprint density at radius 2 is 2.32 bits per heavy atom. The highest BCUT2D eigenvalue weighted by molar-refractivity contribution is 5.75. The second kappa shape index (κ2) is 7.06. The van der Waals surface area contributed by atoms with Crippen LogP contribution in [-0.4, -0.2) is 38.2 Å². The van der Waals surface area contributed by atoms with Crippen molar-refractivity contribution >= 4 is 11.6 Å². The van der Waals surface area contributed by atoms with Crippen LogP contribution < -0.4 is 10.6 Å². The lowest BCUT2D eigenvalue weighted by atomic mass is 9.96. The van der Waals surface area contributed by atoms with Gasteiger partial charge in [0.25, 0.3) is 0 Å². The Morgan fingerprint density at radius 3 is 3.16 bits per heavy atom. The van der Waals surface area contributed by atoms with Crippen LogP contribution in [0.5, 0.6) is 0 Å². The summed E-state index contributed by atoms with van der Waals surface area (Å²) in [5.74, 6) is 0.383. The molecular weight excluding hydrogens is 316 g/mol. The number of pyridine rings is 1. The van der Waals surface area contributed by atoms with Crippen LogP contribution in [0.4, 0.5) is 0 Å². The lowest BCUT2D eigenvalue weighted by Crippen LogP contribution is -2.32. The molecule has 0 bridgehead atoms. The van der Waals surface area contributed by atoms with Crippen molar-refractivity contribution in [1.29, 1.82) is 0 Å². The highest BCUT2D eigenvalue weighted by Crippen LogP contribution is 2.22. The number of rotatable bonds is 5. The molecule has 130 valence electrons. The van der Waals surface area contributed by atoms with E-state index in [0.29, 0.717) is 12.5 Å². The first kappa shape index (κ1) is 15.8. The largest absolute Gasteiger partial charge is 0.349 e. The van der Waals surface area contributed by atoms with Crippen molar-refractivity contribution in [3.8, 4) is 0 Å². The fourth-order valence-corrected chi connectivity index (χ4v) is 3.38. The highest BCUT2D eigenvalue weighted by atomic mass is 16.2.